The minimum atomic E-state index is -0.303. The predicted octanol–water partition coefficient (Wildman–Crippen LogP) is 1.25. The molecule has 1 saturated heterocycles. The Kier molecular flexibility index (Phi) is 6.49. The maximum atomic E-state index is 12.4. The van der Waals surface area contributed by atoms with Gasteiger partial charge in [-0.1, -0.05) is 30.3 Å². The molecule has 0 bridgehead atoms. The molecule has 0 atom stereocenters. The Morgan fingerprint density at radius 2 is 1.78 bits per heavy atom. The van der Waals surface area contributed by atoms with Gasteiger partial charge in [0.15, 0.2) is 0 Å². The van der Waals surface area contributed by atoms with Crippen molar-refractivity contribution in [2.45, 2.75) is 19.9 Å². The Hall–Kier alpha value is -2.80. The molecule has 2 aromatic rings. The van der Waals surface area contributed by atoms with Crippen molar-refractivity contribution in [2.75, 3.05) is 32.7 Å². The average molecular weight is 367 g/mol. The van der Waals surface area contributed by atoms with Gasteiger partial charge in [-0.2, -0.15) is 0 Å². The van der Waals surface area contributed by atoms with Crippen LogP contribution in [0.2, 0.25) is 0 Å². The van der Waals surface area contributed by atoms with Gasteiger partial charge in [-0.3, -0.25) is 19.5 Å². The van der Waals surface area contributed by atoms with Crippen molar-refractivity contribution in [2.24, 2.45) is 0 Å². The summed E-state index contributed by atoms with van der Waals surface area (Å²) in [5, 5.41) is 2.73. The van der Waals surface area contributed by atoms with Crippen LogP contribution in [0.3, 0.4) is 0 Å². The van der Waals surface area contributed by atoms with E-state index in [1.54, 1.807) is 6.20 Å². The van der Waals surface area contributed by atoms with E-state index >= 15 is 0 Å². The summed E-state index contributed by atoms with van der Waals surface area (Å²) >= 11 is 0. The van der Waals surface area contributed by atoms with E-state index in [9.17, 15) is 9.59 Å². The van der Waals surface area contributed by atoms with Crippen LogP contribution in [-0.2, 0) is 11.3 Å². The molecule has 1 aliphatic rings. The van der Waals surface area contributed by atoms with Crippen molar-refractivity contribution in [1.29, 1.82) is 0 Å². The number of aryl methyl sites for hydroxylation is 1. The first-order valence-corrected chi connectivity index (χ1v) is 9.23. The van der Waals surface area contributed by atoms with Gasteiger partial charge in [-0.15, -0.1) is 0 Å². The van der Waals surface area contributed by atoms with E-state index in [1.165, 1.54) is 11.8 Å². The van der Waals surface area contributed by atoms with E-state index < -0.39 is 0 Å². The summed E-state index contributed by atoms with van der Waals surface area (Å²) in [5.41, 5.74) is 2.31. The highest BCUT2D eigenvalue weighted by atomic mass is 16.2. The van der Waals surface area contributed by atoms with Crippen LogP contribution >= 0.6 is 0 Å². The fourth-order valence-electron chi connectivity index (χ4n) is 3.04. The quantitative estimate of drug-likeness (QED) is 0.831. The van der Waals surface area contributed by atoms with E-state index in [1.807, 2.05) is 30.0 Å². The van der Waals surface area contributed by atoms with Crippen LogP contribution in [-0.4, -0.2) is 64.3 Å². The van der Waals surface area contributed by atoms with Gasteiger partial charge in [0, 0.05) is 51.9 Å². The SMILES string of the molecule is Cc1cnc(C(=O)NCCC(=O)N2CCN(Cc3ccccc3)CC2)cn1. The summed E-state index contributed by atoms with van der Waals surface area (Å²) in [6, 6.07) is 10.4. The molecule has 27 heavy (non-hydrogen) atoms. The molecule has 7 nitrogen and oxygen atoms in total. The zero-order valence-electron chi connectivity index (χ0n) is 15.6. The van der Waals surface area contributed by atoms with E-state index in [4.69, 9.17) is 0 Å². The molecule has 1 aromatic carbocycles. The van der Waals surface area contributed by atoms with Crippen LogP contribution in [0.1, 0.15) is 28.2 Å². The van der Waals surface area contributed by atoms with Crippen molar-refractivity contribution < 1.29 is 9.59 Å². The highest BCUT2D eigenvalue weighted by Crippen LogP contribution is 2.09. The molecule has 1 aromatic heterocycles. The molecule has 3 rings (SSSR count). The number of benzene rings is 1. The lowest BCUT2D eigenvalue weighted by Gasteiger charge is -2.34. The molecule has 0 aliphatic carbocycles. The lowest BCUT2D eigenvalue weighted by Crippen LogP contribution is -2.48. The van der Waals surface area contributed by atoms with Crippen molar-refractivity contribution in [3.8, 4) is 0 Å². The Labute approximate surface area is 159 Å². The zero-order valence-corrected chi connectivity index (χ0v) is 15.6. The van der Waals surface area contributed by atoms with E-state index in [-0.39, 0.29) is 17.5 Å². The number of carbonyl (C=O) groups excluding carboxylic acids is 2. The highest BCUT2D eigenvalue weighted by molar-refractivity contribution is 5.92. The molecule has 0 saturated carbocycles. The monoisotopic (exact) mass is 367 g/mol. The van der Waals surface area contributed by atoms with Crippen LogP contribution in [0.5, 0.6) is 0 Å². The number of amides is 2. The lowest BCUT2D eigenvalue weighted by atomic mass is 10.2. The fraction of sp³-hybridized carbons (Fsp3) is 0.400. The summed E-state index contributed by atoms with van der Waals surface area (Å²) in [6.07, 6.45) is 3.29. The third-order valence-electron chi connectivity index (χ3n) is 4.61. The molecule has 142 valence electrons. The number of aromatic nitrogens is 2. The van der Waals surface area contributed by atoms with Crippen molar-refractivity contribution in [3.05, 3.63) is 59.7 Å². The van der Waals surface area contributed by atoms with Gasteiger partial charge in [-0.05, 0) is 12.5 Å². The number of nitrogens with zero attached hydrogens (tertiary/aromatic N) is 4. The number of rotatable bonds is 6. The second kappa shape index (κ2) is 9.23. The van der Waals surface area contributed by atoms with Crippen LogP contribution in [0, 0.1) is 6.92 Å². The molecule has 0 spiro atoms. The number of hydrogen-bond acceptors (Lipinski definition) is 5. The molecule has 0 radical (unpaired) electrons. The van der Waals surface area contributed by atoms with Gasteiger partial charge >= 0.3 is 0 Å². The Morgan fingerprint density at radius 3 is 2.44 bits per heavy atom. The number of carbonyl (C=O) groups is 2. The zero-order chi connectivity index (χ0) is 19.1. The van der Waals surface area contributed by atoms with Crippen LogP contribution in [0.25, 0.3) is 0 Å². The number of nitrogens with one attached hydrogen (secondary N) is 1. The average Bonchev–Trinajstić information content (AvgIpc) is 2.69. The normalized spacial score (nSPS) is 14.8. The Bertz CT molecular complexity index is 756. The Balaban J connectivity index is 1.37. The maximum absolute atomic E-state index is 12.4. The molecule has 7 heteroatoms. The molecule has 2 amide bonds. The molecule has 2 heterocycles. The number of hydrogen-bond donors (Lipinski definition) is 1. The van der Waals surface area contributed by atoms with Gasteiger partial charge in [0.2, 0.25) is 5.91 Å². The first-order valence-electron chi connectivity index (χ1n) is 9.23. The lowest BCUT2D eigenvalue weighted by molar-refractivity contribution is -0.132. The molecule has 1 fully saturated rings. The molecular weight excluding hydrogens is 342 g/mol. The van der Waals surface area contributed by atoms with Crippen molar-refractivity contribution in [1.82, 2.24) is 25.1 Å². The first-order chi connectivity index (χ1) is 13.1. The topological polar surface area (TPSA) is 78.4 Å². The van der Waals surface area contributed by atoms with Crippen molar-refractivity contribution in [3.63, 3.8) is 0 Å². The third-order valence-corrected chi connectivity index (χ3v) is 4.61. The minimum absolute atomic E-state index is 0.0738. The van der Waals surface area contributed by atoms with Crippen LogP contribution in [0.15, 0.2) is 42.7 Å². The molecule has 1 N–H and O–H groups in total. The smallest absolute Gasteiger partial charge is 0.271 e. The number of piperazine rings is 1. The standard InChI is InChI=1S/C20H25N5O2/c1-16-13-23-18(14-22-16)20(27)21-8-7-19(26)25-11-9-24(10-12-25)15-17-5-3-2-4-6-17/h2-6,13-14H,7-12,15H2,1H3,(H,21,27). The maximum Gasteiger partial charge on any atom is 0.271 e. The molecule has 0 unspecified atom stereocenters. The predicted molar refractivity (Wildman–Crippen MR) is 102 cm³/mol. The second-order valence-electron chi connectivity index (χ2n) is 6.69. The molecular formula is C20H25N5O2. The van der Waals surface area contributed by atoms with Crippen LogP contribution in [0.4, 0.5) is 0 Å². The summed E-state index contributed by atoms with van der Waals surface area (Å²) < 4.78 is 0. The summed E-state index contributed by atoms with van der Waals surface area (Å²) in [4.78, 5) is 36.7. The Morgan fingerprint density at radius 1 is 1.04 bits per heavy atom. The summed E-state index contributed by atoms with van der Waals surface area (Å²) in [5.74, 6) is -0.229. The summed E-state index contributed by atoms with van der Waals surface area (Å²) in [7, 11) is 0. The van der Waals surface area contributed by atoms with Gasteiger partial charge in [0.25, 0.3) is 5.91 Å². The first kappa shape index (κ1) is 19.0. The van der Waals surface area contributed by atoms with E-state index in [0.29, 0.717) is 13.0 Å². The highest BCUT2D eigenvalue weighted by Gasteiger charge is 2.21. The van der Waals surface area contributed by atoms with Gasteiger partial charge in [0.05, 0.1) is 11.9 Å². The van der Waals surface area contributed by atoms with Crippen LogP contribution < -0.4 is 5.32 Å². The van der Waals surface area contributed by atoms with Gasteiger partial charge in [0.1, 0.15) is 5.69 Å². The van der Waals surface area contributed by atoms with E-state index in [2.05, 4.69) is 32.3 Å². The third kappa shape index (κ3) is 5.59. The second-order valence-corrected chi connectivity index (χ2v) is 6.69. The summed E-state index contributed by atoms with van der Waals surface area (Å²) in [6.45, 7) is 6.21. The van der Waals surface area contributed by atoms with Crippen molar-refractivity contribution >= 4 is 11.8 Å². The van der Waals surface area contributed by atoms with E-state index in [0.717, 1.165) is 38.4 Å². The molecule has 1 aliphatic heterocycles. The minimum Gasteiger partial charge on any atom is -0.350 e. The van der Waals surface area contributed by atoms with Gasteiger partial charge < -0.3 is 10.2 Å². The largest absolute Gasteiger partial charge is 0.350 e. The fourth-order valence-corrected chi connectivity index (χ4v) is 3.04. The van der Waals surface area contributed by atoms with Gasteiger partial charge in [-0.25, -0.2) is 4.98 Å².